The van der Waals surface area contributed by atoms with Crippen LogP contribution in [0.3, 0.4) is 0 Å². The predicted octanol–water partition coefficient (Wildman–Crippen LogP) is 4.64. The van der Waals surface area contributed by atoms with Gasteiger partial charge >= 0.3 is 0 Å². The molecule has 168 valence electrons. The number of fused-ring (bicyclic) bond motifs is 1. The van der Waals surface area contributed by atoms with Crippen molar-refractivity contribution < 1.29 is 4.39 Å². The van der Waals surface area contributed by atoms with E-state index in [4.69, 9.17) is 5.73 Å². The Morgan fingerprint density at radius 2 is 1.73 bits per heavy atom. The summed E-state index contributed by atoms with van der Waals surface area (Å²) < 4.78 is 14.9. The molecule has 0 spiro atoms. The number of nitrogens with zero attached hydrogens (tertiary/aromatic N) is 4. The lowest BCUT2D eigenvalue weighted by molar-refractivity contribution is 0.353. The Kier molecular flexibility index (Phi) is 4.85. The van der Waals surface area contributed by atoms with Crippen LogP contribution < -0.4 is 16.0 Å². The van der Waals surface area contributed by atoms with Gasteiger partial charge in [-0.2, -0.15) is 9.49 Å². The highest BCUT2D eigenvalue weighted by atomic mass is 19.1. The number of hydrogen-bond donors (Lipinski definition) is 2. The zero-order valence-corrected chi connectivity index (χ0v) is 19.1. The average Bonchev–Trinajstić information content (AvgIpc) is 3.02. The number of hydrazone groups is 1. The second kappa shape index (κ2) is 7.62. The zero-order chi connectivity index (χ0) is 23.3. The molecule has 7 heteroatoms. The minimum absolute atomic E-state index is 0.170. The van der Waals surface area contributed by atoms with Crippen molar-refractivity contribution in [2.75, 3.05) is 30.8 Å². The first kappa shape index (κ1) is 21.0. The van der Waals surface area contributed by atoms with E-state index in [9.17, 15) is 4.39 Å². The van der Waals surface area contributed by atoms with Gasteiger partial charge in [0, 0.05) is 41.7 Å². The van der Waals surface area contributed by atoms with Crippen LogP contribution in [0, 0.1) is 5.95 Å². The van der Waals surface area contributed by atoms with Crippen molar-refractivity contribution in [3.8, 4) is 22.3 Å². The molecule has 0 atom stereocenters. The van der Waals surface area contributed by atoms with Crippen LogP contribution in [0.2, 0.25) is 0 Å². The van der Waals surface area contributed by atoms with Crippen LogP contribution in [0.25, 0.3) is 28.0 Å². The van der Waals surface area contributed by atoms with Gasteiger partial charge in [0.25, 0.3) is 0 Å². The minimum atomic E-state index is -0.582. The molecule has 1 aromatic heterocycles. The summed E-state index contributed by atoms with van der Waals surface area (Å²) in [6.07, 6.45) is 1.81. The molecule has 0 unspecified atom stereocenters. The molecule has 0 saturated heterocycles. The van der Waals surface area contributed by atoms with Gasteiger partial charge in [-0.15, -0.1) is 0 Å². The highest BCUT2D eigenvalue weighted by Crippen LogP contribution is 2.40. The second-order valence-corrected chi connectivity index (χ2v) is 9.10. The number of likely N-dealkylation sites (N-methyl/N-ethyl adjacent to an activating group) is 1. The highest BCUT2D eigenvalue weighted by molar-refractivity contribution is 5.84. The summed E-state index contributed by atoms with van der Waals surface area (Å²) in [6, 6.07) is 15.6. The van der Waals surface area contributed by atoms with E-state index in [2.05, 4.69) is 46.8 Å². The number of halogens is 1. The first-order valence-electron chi connectivity index (χ1n) is 10.9. The fraction of sp³-hybridized carbons (Fsp3) is 0.231. The molecule has 3 heterocycles. The molecule has 33 heavy (non-hydrogen) atoms. The number of nitrogens with two attached hydrogens (primary N) is 1. The first-order chi connectivity index (χ1) is 15.7. The standard InChI is InChI=1S/C26H27FN6/c1-16-20-10-7-18(13-23(20)26(2,3)31-16)22-14-21(24(27)30-25(22)28)17-5-8-19(9-6-17)33-12-11-32(4)29-15-33/h5-10,13-15,31H,1,11-12H2,2-4H3,(H2,28,30). The molecule has 2 aromatic carbocycles. The molecule has 0 radical (unpaired) electrons. The van der Waals surface area contributed by atoms with Crippen LogP contribution in [0.15, 0.2) is 60.2 Å². The number of anilines is 2. The maximum absolute atomic E-state index is 14.9. The van der Waals surface area contributed by atoms with E-state index in [1.807, 2.05) is 48.5 Å². The molecule has 3 aromatic rings. The number of aromatic nitrogens is 1. The average molecular weight is 443 g/mol. The molecule has 0 amide bonds. The van der Waals surface area contributed by atoms with Crippen LogP contribution in [0.4, 0.5) is 15.9 Å². The first-order valence-corrected chi connectivity index (χ1v) is 10.9. The van der Waals surface area contributed by atoms with E-state index < -0.39 is 5.95 Å². The number of nitrogen functional groups attached to an aromatic ring is 1. The van der Waals surface area contributed by atoms with Gasteiger partial charge in [0.1, 0.15) is 12.2 Å². The number of rotatable bonds is 3. The van der Waals surface area contributed by atoms with E-state index in [-0.39, 0.29) is 11.4 Å². The lowest BCUT2D eigenvalue weighted by atomic mass is 9.90. The Balaban J connectivity index is 1.52. The third-order valence-corrected chi connectivity index (χ3v) is 6.36. The summed E-state index contributed by atoms with van der Waals surface area (Å²) in [5, 5.41) is 9.63. The van der Waals surface area contributed by atoms with Gasteiger partial charge in [0.05, 0.1) is 12.1 Å². The molecule has 0 fully saturated rings. The molecule has 0 aliphatic carbocycles. The van der Waals surface area contributed by atoms with E-state index in [0.29, 0.717) is 11.1 Å². The van der Waals surface area contributed by atoms with Crippen LogP contribution in [-0.2, 0) is 5.54 Å². The summed E-state index contributed by atoms with van der Waals surface area (Å²) in [5.74, 6) is -0.411. The van der Waals surface area contributed by atoms with Crippen molar-refractivity contribution in [3.05, 3.63) is 72.2 Å². The Hall–Kier alpha value is -3.87. The van der Waals surface area contributed by atoms with Crippen molar-refractivity contribution in [1.82, 2.24) is 15.3 Å². The Bertz CT molecular complexity index is 1280. The largest absolute Gasteiger partial charge is 0.383 e. The van der Waals surface area contributed by atoms with Crippen molar-refractivity contribution in [2.24, 2.45) is 5.10 Å². The lowest BCUT2D eigenvalue weighted by Gasteiger charge is -2.27. The smallest absolute Gasteiger partial charge is 0.222 e. The predicted molar refractivity (Wildman–Crippen MR) is 133 cm³/mol. The summed E-state index contributed by atoms with van der Waals surface area (Å²) >= 11 is 0. The Morgan fingerprint density at radius 1 is 1.00 bits per heavy atom. The summed E-state index contributed by atoms with van der Waals surface area (Å²) in [4.78, 5) is 6.10. The summed E-state index contributed by atoms with van der Waals surface area (Å²) in [7, 11) is 1.94. The minimum Gasteiger partial charge on any atom is -0.383 e. The highest BCUT2D eigenvalue weighted by Gasteiger charge is 2.32. The fourth-order valence-corrected chi connectivity index (χ4v) is 4.49. The molecular formula is C26H27FN6. The number of pyridine rings is 1. The molecule has 6 nitrogen and oxygen atoms in total. The fourth-order valence-electron chi connectivity index (χ4n) is 4.49. The lowest BCUT2D eigenvalue weighted by Crippen LogP contribution is -2.35. The van der Waals surface area contributed by atoms with Gasteiger partial charge in [-0.25, -0.2) is 4.98 Å². The van der Waals surface area contributed by atoms with E-state index in [0.717, 1.165) is 46.7 Å². The van der Waals surface area contributed by atoms with E-state index >= 15 is 0 Å². The topological polar surface area (TPSA) is 69.8 Å². The quantitative estimate of drug-likeness (QED) is 0.579. The summed E-state index contributed by atoms with van der Waals surface area (Å²) in [6.45, 7) is 10.0. The Morgan fingerprint density at radius 3 is 2.42 bits per heavy atom. The van der Waals surface area contributed by atoms with Crippen LogP contribution in [-0.4, -0.2) is 36.5 Å². The summed E-state index contributed by atoms with van der Waals surface area (Å²) in [5.41, 5.74) is 12.8. The number of nitrogens with one attached hydrogen (secondary N) is 1. The number of benzene rings is 2. The van der Waals surface area contributed by atoms with Gasteiger partial charge in [-0.1, -0.05) is 30.8 Å². The van der Waals surface area contributed by atoms with Gasteiger partial charge in [0.2, 0.25) is 5.95 Å². The normalized spacial score (nSPS) is 16.7. The molecule has 3 N–H and O–H groups in total. The van der Waals surface area contributed by atoms with Gasteiger partial charge in [-0.05, 0) is 54.8 Å². The van der Waals surface area contributed by atoms with E-state index in [1.54, 1.807) is 12.4 Å². The molecule has 2 aliphatic rings. The van der Waals surface area contributed by atoms with Crippen molar-refractivity contribution in [3.63, 3.8) is 0 Å². The third kappa shape index (κ3) is 3.69. The second-order valence-electron chi connectivity index (χ2n) is 9.10. The third-order valence-electron chi connectivity index (χ3n) is 6.36. The van der Waals surface area contributed by atoms with Crippen molar-refractivity contribution in [2.45, 2.75) is 19.4 Å². The molecular weight excluding hydrogens is 415 g/mol. The molecule has 2 aliphatic heterocycles. The van der Waals surface area contributed by atoms with Crippen LogP contribution in [0.1, 0.15) is 25.0 Å². The maximum atomic E-state index is 14.9. The monoisotopic (exact) mass is 442 g/mol. The van der Waals surface area contributed by atoms with Crippen LogP contribution in [0.5, 0.6) is 0 Å². The number of hydrogen-bond acceptors (Lipinski definition) is 6. The van der Waals surface area contributed by atoms with Gasteiger partial charge < -0.3 is 16.0 Å². The van der Waals surface area contributed by atoms with Crippen LogP contribution >= 0.6 is 0 Å². The molecule has 5 rings (SSSR count). The maximum Gasteiger partial charge on any atom is 0.222 e. The Labute approximate surface area is 193 Å². The molecule has 0 bridgehead atoms. The molecule has 0 saturated carbocycles. The van der Waals surface area contributed by atoms with Gasteiger partial charge in [0.15, 0.2) is 0 Å². The van der Waals surface area contributed by atoms with Gasteiger partial charge in [-0.3, -0.25) is 5.01 Å². The van der Waals surface area contributed by atoms with E-state index in [1.165, 1.54) is 0 Å². The van der Waals surface area contributed by atoms with Crippen molar-refractivity contribution >= 4 is 23.5 Å². The SMILES string of the molecule is C=C1NC(C)(C)c2cc(-c3cc(-c4ccc(N5C=NN(C)CC5)cc4)c(F)nc3N)ccc21. The van der Waals surface area contributed by atoms with Crippen molar-refractivity contribution in [1.29, 1.82) is 0 Å². The zero-order valence-electron chi connectivity index (χ0n) is 19.1.